The van der Waals surface area contributed by atoms with E-state index in [1.165, 1.54) is 0 Å². The third-order valence-electron chi connectivity index (χ3n) is 1.88. The van der Waals surface area contributed by atoms with Crippen LogP contribution < -0.4 is 5.32 Å². The minimum atomic E-state index is 0.578. The lowest BCUT2D eigenvalue weighted by atomic mass is 10.5. The number of pyridine rings is 1. The molecule has 0 amide bonds. The fraction of sp³-hybridized carbons (Fsp3) is 0.333. The number of halogens is 1. The van der Waals surface area contributed by atoms with Gasteiger partial charge in [0.25, 0.3) is 0 Å². The predicted molar refractivity (Wildman–Crippen MR) is 58.4 cm³/mol. The van der Waals surface area contributed by atoms with Gasteiger partial charge in [-0.15, -0.1) is 5.10 Å². The Kier molecular flexibility index (Phi) is 3.03. The van der Waals surface area contributed by atoms with Crippen LogP contribution in [0.5, 0.6) is 0 Å². The number of ether oxygens (including phenoxy) is 1. The van der Waals surface area contributed by atoms with E-state index in [1.54, 1.807) is 23.9 Å². The van der Waals surface area contributed by atoms with E-state index >= 15 is 0 Å². The first-order chi connectivity index (χ1) is 7.29. The molecule has 2 aromatic heterocycles. The van der Waals surface area contributed by atoms with E-state index in [0.29, 0.717) is 24.1 Å². The van der Waals surface area contributed by atoms with E-state index < -0.39 is 0 Å². The Labute approximate surface area is 92.0 Å². The average Bonchev–Trinajstić information content (AvgIpc) is 2.60. The highest BCUT2D eigenvalue weighted by Crippen LogP contribution is 2.10. The fourth-order valence-electron chi connectivity index (χ4n) is 1.20. The van der Waals surface area contributed by atoms with Crippen molar-refractivity contribution in [2.75, 3.05) is 25.6 Å². The number of hydrogen-bond donors (Lipinski definition) is 1. The van der Waals surface area contributed by atoms with Crippen molar-refractivity contribution in [2.45, 2.75) is 0 Å². The number of rotatable bonds is 4. The van der Waals surface area contributed by atoms with E-state index in [2.05, 4.69) is 15.4 Å². The molecule has 0 atom stereocenters. The molecule has 0 aliphatic heterocycles. The summed E-state index contributed by atoms with van der Waals surface area (Å²) in [6.07, 6.45) is 1.71. The predicted octanol–water partition coefficient (Wildman–Crippen LogP) is 1.44. The van der Waals surface area contributed by atoms with Gasteiger partial charge in [-0.25, -0.2) is 4.52 Å². The molecule has 0 saturated carbocycles. The molecule has 0 aromatic carbocycles. The summed E-state index contributed by atoms with van der Waals surface area (Å²) in [6, 6.07) is 3.60. The van der Waals surface area contributed by atoms with Gasteiger partial charge in [-0.2, -0.15) is 4.98 Å². The minimum absolute atomic E-state index is 0.578. The van der Waals surface area contributed by atoms with Crippen molar-refractivity contribution in [1.29, 1.82) is 0 Å². The standard InChI is InChI=1S/C9H11ClN4O/c1-15-5-4-11-9-12-8-3-2-7(10)6-14(8)13-9/h2-3,6H,4-5H2,1H3,(H,11,13). The second kappa shape index (κ2) is 4.46. The molecule has 0 saturated heterocycles. The van der Waals surface area contributed by atoms with Gasteiger partial charge in [-0.1, -0.05) is 11.6 Å². The third kappa shape index (κ3) is 2.37. The molecule has 0 aliphatic carbocycles. The Balaban J connectivity index is 2.16. The molecule has 6 heteroatoms. The lowest BCUT2D eigenvalue weighted by Gasteiger charge is -1.98. The fourth-order valence-corrected chi connectivity index (χ4v) is 1.35. The Morgan fingerprint density at radius 2 is 2.40 bits per heavy atom. The topological polar surface area (TPSA) is 51.5 Å². The van der Waals surface area contributed by atoms with Crippen LogP contribution in [-0.2, 0) is 4.74 Å². The van der Waals surface area contributed by atoms with Crippen LogP contribution in [-0.4, -0.2) is 34.9 Å². The molecular formula is C9H11ClN4O. The Morgan fingerprint density at radius 1 is 1.53 bits per heavy atom. The lowest BCUT2D eigenvalue weighted by Crippen LogP contribution is -2.08. The van der Waals surface area contributed by atoms with E-state index in [4.69, 9.17) is 16.3 Å². The van der Waals surface area contributed by atoms with Gasteiger partial charge in [-0.3, -0.25) is 0 Å². The van der Waals surface area contributed by atoms with Crippen LogP contribution in [0, 0.1) is 0 Å². The van der Waals surface area contributed by atoms with Crippen molar-refractivity contribution >= 4 is 23.2 Å². The van der Waals surface area contributed by atoms with E-state index in [-0.39, 0.29) is 0 Å². The zero-order valence-electron chi connectivity index (χ0n) is 8.27. The normalized spacial score (nSPS) is 10.8. The molecule has 0 bridgehead atoms. The molecule has 0 aliphatic rings. The number of hydrogen-bond acceptors (Lipinski definition) is 4. The molecule has 2 aromatic rings. The van der Waals surface area contributed by atoms with Crippen LogP contribution in [0.2, 0.25) is 5.02 Å². The largest absolute Gasteiger partial charge is 0.383 e. The molecule has 0 unspecified atom stereocenters. The summed E-state index contributed by atoms with van der Waals surface area (Å²) in [5.74, 6) is 0.578. The van der Waals surface area contributed by atoms with E-state index in [9.17, 15) is 0 Å². The van der Waals surface area contributed by atoms with Crippen LogP contribution in [0.1, 0.15) is 0 Å². The molecule has 15 heavy (non-hydrogen) atoms. The number of anilines is 1. The Morgan fingerprint density at radius 3 is 3.20 bits per heavy atom. The Hall–Kier alpha value is -1.33. The van der Waals surface area contributed by atoms with E-state index in [1.807, 2.05) is 6.07 Å². The minimum Gasteiger partial charge on any atom is -0.383 e. The van der Waals surface area contributed by atoms with Gasteiger partial charge in [0.05, 0.1) is 11.6 Å². The van der Waals surface area contributed by atoms with Crippen molar-refractivity contribution in [3.05, 3.63) is 23.4 Å². The molecule has 80 valence electrons. The van der Waals surface area contributed by atoms with Crippen LogP contribution in [0.4, 0.5) is 5.95 Å². The van der Waals surface area contributed by atoms with Gasteiger partial charge in [0, 0.05) is 19.9 Å². The highest BCUT2D eigenvalue weighted by atomic mass is 35.5. The summed E-state index contributed by atoms with van der Waals surface area (Å²) in [5.41, 5.74) is 0.763. The van der Waals surface area contributed by atoms with Gasteiger partial charge in [-0.05, 0) is 12.1 Å². The summed E-state index contributed by atoms with van der Waals surface area (Å²) in [6.45, 7) is 1.30. The monoisotopic (exact) mass is 226 g/mol. The second-order valence-corrected chi connectivity index (χ2v) is 3.44. The second-order valence-electron chi connectivity index (χ2n) is 3.01. The van der Waals surface area contributed by atoms with Crippen LogP contribution in [0.15, 0.2) is 18.3 Å². The molecule has 5 nitrogen and oxygen atoms in total. The van der Waals surface area contributed by atoms with Gasteiger partial charge in [0.15, 0.2) is 5.65 Å². The summed E-state index contributed by atoms with van der Waals surface area (Å²) in [5, 5.41) is 7.88. The highest BCUT2D eigenvalue weighted by molar-refractivity contribution is 6.30. The van der Waals surface area contributed by atoms with Crippen molar-refractivity contribution in [2.24, 2.45) is 0 Å². The van der Waals surface area contributed by atoms with Crippen molar-refractivity contribution in [3.8, 4) is 0 Å². The van der Waals surface area contributed by atoms with Crippen LogP contribution >= 0.6 is 11.6 Å². The lowest BCUT2D eigenvalue weighted by molar-refractivity contribution is 0.210. The zero-order chi connectivity index (χ0) is 10.7. The molecule has 2 rings (SSSR count). The van der Waals surface area contributed by atoms with Crippen LogP contribution in [0.3, 0.4) is 0 Å². The average molecular weight is 227 g/mol. The van der Waals surface area contributed by atoms with E-state index in [0.717, 1.165) is 5.65 Å². The molecule has 0 fully saturated rings. The summed E-state index contributed by atoms with van der Waals surface area (Å²) in [4.78, 5) is 4.25. The smallest absolute Gasteiger partial charge is 0.243 e. The van der Waals surface area contributed by atoms with Crippen molar-refractivity contribution in [3.63, 3.8) is 0 Å². The first kappa shape index (κ1) is 10.2. The first-order valence-corrected chi connectivity index (χ1v) is 4.92. The van der Waals surface area contributed by atoms with Gasteiger partial charge < -0.3 is 10.1 Å². The molecule has 2 heterocycles. The maximum atomic E-state index is 5.83. The number of methoxy groups -OCH3 is 1. The molecule has 0 spiro atoms. The number of aromatic nitrogens is 3. The maximum absolute atomic E-state index is 5.83. The van der Waals surface area contributed by atoms with Gasteiger partial charge in [0.1, 0.15) is 0 Å². The first-order valence-electron chi connectivity index (χ1n) is 4.54. The maximum Gasteiger partial charge on any atom is 0.243 e. The number of nitrogens with zero attached hydrogens (tertiary/aromatic N) is 3. The van der Waals surface area contributed by atoms with Crippen molar-refractivity contribution in [1.82, 2.24) is 14.6 Å². The SMILES string of the molecule is COCCNc1nc2ccc(Cl)cn2n1. The molecule has 0 radical (unpaired) electrons. The summed E-state index contributed by atoms with van der Waals surface area (Å²) in [7, 11) is 1.65. The van der Waals surface area contributed by atoms with Crippen molar-refractivity contribution < 1.29 is 4.74 Å². The summed E-state index contributed by atoms with van der Waals surface area (Å²) < 4.78 is 6.55. The molecule has 1 N–H and O–H groups in total. The quantitative estimate of drug-likeness (QED) is 0.802. The number of fused-ring (bicyclic) bond motifs is 1. The third-order valence-corrected chi connectivity index (χ3v) is 2.11. The van der Waals surface area contributed by atoms with Gasteiger partial charge >= 0.3 is 0 Å². The zero-order valence-corrected chi connectivity index (χ0v) is 9.03. The molecular weight excluding hydrogens is 216 g/mol. The Bertz CT molecular complexity index is 456. The summed E-state index contributed by atoms with van der Waals surface area (Å²) >= 11 is 5.83. The highest BCUT2D eigenvalue weighted by Gasteiger charge is 2.02. The number of nitrogens with one attached hydrogen (secondary N) is 1. The van der Waals surface area contributed by atoms with Crippen LogP contribution in [0.25, 0.3) is 5.65 Å². The van der Waals surface area contributed by atoms with Gasteiger partial charge in [0.2, 0.25) is 5.95 Å².